The fraction of sp³-hybridized carbons (Fsp3) is 0.182. The van der Waals surface area contributed by atoms with Gasteiger partial charge in [0.1, 0.15) is 11.6 Å². The predicted molar refractivity (Wildman–Crippen MR) is 59.9 cm³/mol. The second-order valence-electron chi connectivity index (χ2n) is 3.37. The molecule has 0 aromatic carbocycles. The third-order valence-corrected chi connectivity index (χ3v) is 2.14. The highest BCUT2D eigenvalue weighted by Crippen LogP contribution is 2.04. The molecule has 0 amide bonds. The first-order chi connectivity index (χ1) is 8.25. The van der Waals surface area contributed by atoms with Crippen LogP contribution >= 0.6 is 0 Å². The van der Waals surface area contributed by atoms with Gasteiger partial charge in [-0.1, -0.05) is 0 Å². The second-order valence-corrected chi connectivity index (χ2v) is 3.37. The van der Waals surface area contributed by atoms with E-state index in [1.54, 1.807) is 12.3 Å². The monoisotopic (exact) mass is 233 g/mol. The molecule has 0 fully saturated rings. The maximum Gasteiger partial charge on any atom is 0.356 e. The Bertz CT molecular complexity index is 479. The van der Waals surface area contributed by atoms with E-state index in [9.17, 15) is 4.79 Å². The Labute approximate surface area is 97.3 Å². The van der Waals surface area contributed by atoms with Gasteiger partial charge in [0.2, 0.25) is 0 Å². The summed E-state index contributed by atoms with van der Waals surface area (Å²) in [5.74, 6) is 0.341. The van der Waals surface area contributed by atoms with Crippen molar-refractivity contribution < 1.29 is 14.3 Å². The Morgan fingerprint density at radius 2 is 2.24 bits per heavy atom. The lowest BCUT2D eigenvalue weighted by atomic mass is 10.3. The smallest absolute Gasteiger partial charge is 0.356 e. The quantitative estimate of drug-likeness (QED) is 0.812. The molecule has 0 atom stereocenters. The molecule has 2 N–H and O–H groups in total. The van der Waals surface area contributed by atoms with Gasteiger partial charge >= 0.3 is 5.97 Å². The zero-order valence-corrected chi connectivity index (χ0v) is 8.96. The van der Waals surface area contributed by atoms with E-state index in [4.69, 9.17) is 9.52 Å². The Balaban J connectivity index is 1.85. The maximum absolute atomic E-state index is 10.5. The van der Waals surface area contributed by atoms with E-state index < -0.39 is 5.97 Å². The summed E-state index contributed by atoms with van der Waals surface area (Å²) in [7, 11) is 0. The van der Waals surface area contributed by atoms with E-state index in [0.29, 0.717) is 12.4 Å². The summed E-state index contributed by atoms with van der Waals surface area (Å²) in [6.45, 7) is 0.647. The van der Waals surface area contributed by atoms with Crippen LogP contribution in [0.1, 0.15) is 16.2 Å². The van der Waals surface area contributed by atoms with Crippen molar-refractivity contribution in [2.24, 2.45) is 0 Å². The van der Waals surface area contributed by atoms with Crippen molar-refractivity contribution in [3.63, 3.8) is 0 Å². The van der Waals surface area contributed by atoms with Gasteiger partial charge in [0, 0.05) is 13.0 Å². The normalized spacial score (nSPS) is 10.1. The van der Waals surface area contributed by atoms with Crippen LogP contribution in [0.2, 0.25) is 0 Å². The average molecular weight is 233 g/mol. The molecule has 0 aliphatic rings. The van der Waals surface area contributed by atoms with Crippen molar-refractivity contribution in [1.29, 1.82) is 0 Å². The van der Waals surface area contributed by atoms with Crippen LogP contribution in [0, 0.1) is 0 Å². The van der Waals surface area contributed by atoms with Crippen LogP contribution in [0.4, 0.5) is 5.82 Å². The van der Waals surface area contributed by atoms with E-state index >= 15 is 0 Å². The van der Waals surface area contributed by atoms with Crippen molar-refractivity contribution in [3.05, 3.63) is 42.0 Å². The maximum atomic E-state index is 10.5. The molecule has 6 heteroatoms. The number of furan rings is 1. The van der Waals surface area contributed by atoms with E-state index in [1.807, 2.05) is 12.1 Å². The summed E-state index contributed by atoms with van der Waals surface area (Å²) in [6.07, 6.45) is 2.35. The van der Waals surface area contributed by atoms with Crippen molar-refractivity contribution in [3.8, 4) is 0 Å². The molecule has 2 aromatic rings. The minimum atomic E-state index is -1.08. The van der Waals surface area contributed by atoms with E-state index in [0.717, 1.165) is 12.2 Å². The van der Waals surface area contributed by atoms with Crippen molar-refractivity contribution in [2.45, 2.75) is 6.42 Å². The molecule has 0 radical (unpaired) electrons. The molecule has 0 saturated carbocycles. The lowest BCUT2D eigenvalue weighted by molar-refractivity contribution is 0.0689. The van der Waals surface area contributed by atoms with Crippen molar-refractivity contribution in [2.75, 3.05) is 11.9 Å². The Hall–Kier alpha value is -2.37. The summed E-state index contributed by atoms with van der Waals surface area (Å²) in [6, 6.07) is 6.71. The highest BCUT2D eigenvalue weighted by atomic mass is 16.4. The zero-order chi connectivity index (χ0) is 12.1. The van der Waals surface area contributed by atoms with E-state index in [2.05, 4.69) is 15.5 Å². The number of aromatic nitrogens is 2. The first-order valence-electron chi connectivity index (χ1n) is 5.09. The van der Waals surface area contributed by atoms with E-state index in [-0.39, 0.29) is 5.69 Å². The number of rotatable bonds is 5. The molecule has 0 aliphatic carbocycles. The first-order valence-corrected chi connectivity index (χ1v) is 5.09. The minimum absolute atomic E-state index is 0.0680. The third-order valence-electron chi connectivity index (χ3n) is 2.14. The summed E-state index contributed by atoms with van der Waals surface area (Å²) in [5.41, 5.74) is -0.0680. The van der Waals surface area contributed by atoms with Gasteiger partial charge in [0.05, 0.1) is 6.26 Å². The number of carbonyl (C=O) groups is 1. The third kappa shape index (κ3) is 3.04. The Kier molecular flexibility index (Phi) is 3.34. The van der Waals surface area contributed by atoms with Gasteiger partial charge in [-0.15, -0.1) is 10.2 Å². The number of nitrogens with zero attached hydrogens (tertiary/aromatic N) is 2. The number of aromatic carboxylic acids is 1. The molecular weight excluding hydrogens is 222 g/mol. The largest absolute Gasteiger partial charge is 0.476 e. The second kappa shape index (κ2) is 5.11. The highest BCUT2D eigenvalue weighted by molar-refractivity contribution is 5.85. The molecule has 88 valence electrons. The first kappa shape index (κ1) is 11.1. The van der Waals surface area contributed by atoms with Crippen LogP contribution in [0.25, 0.3) is 0 Å². The van der Waals surface area contributed by atoms with Crippen molar-refractivity contribution in [1.82, 2.24) is 10.2 Å². The molecule has 0 spiro atoms. The molecule has 0 saturated heterocycles. The van der Waals surface area contributed by atoms with Gasteiger partial charge in [-0.2, -0.15) is 0 Å². The van der Waals surface area contributed by atoms with Crippen LogP contribution in [0.3, 0.4) is 0 Å². The Morgan fingerprint density at radius 1 is 1.35 bits per heavy atom. The summed E-state index contributed by atoms with van der Waals surface area (Å²) in [5, 5.41) is 19.0. The van der Waals surface area contributed by atoms with Crippen LogP contribution < -0.4 is 5.32 Å². The SMILES string of the molecule is O=C(O)c1ccc(NCCc2ccco2)nn1. The van der Waals surface area contributed by atoms with E-state index in [1.165, 1.54) is 6.07 Å². The molecule has 0 bridgehead atoms. The van der Waals surface area contributed by atoms with Gasteiger partial charge in [-0.25, -0.2) is 4.79 Å². The van der Waals surface area contributed by atoms with Crippen molar-refractivity contribution >= 4 is 11.8 Å². The molecule has 0 unspecified atom stereocenters. The standard InChI is InChI=1S/C11H11N3O3/c15-11(16)9-3-4-10(14-13-9)12-6-5-8-2-1-7-17-8/h1-4,7H,5-6H2,(H,12,14)(H,15,16). The van der Waals surface area contributed by atoms with Crippen LogP contribution in [0.5, 0.6) is 0 Å². The van der Waals surface area contributed by atoms with Crippen LogP contribution in [-0.2, 0) is 6.42 Å². The number of nitrogens with one attached hydrogen (secondary N) is 1. The molecule has 0 aliphatic heterocycles. The molecule has 2 heterocycles. The topological polar surface area (TPSA) is 88.2 Å². The fourth-order valence-electron chi connectivity index (χ4n) is 1.31. The number of carboxylic acid groups (broad SMARTS) is 1. The van der Waals surface area contributed by atoms with Gasteiger partial charge < -0.3 is 14.8 Å². The molecule has 2 aromatic heterocycles. The predicted octanol–water partition coefficient (Wildman–Crippen LogP) is 1.42. The molecule has 6 nitrogen and oxygen atoms in total. The highest BCUT2D eigenvalue weighted by Gasteiger charge is 2.04. The van der Waals surface area contributed by atoms with Gasteiger partial charge in [-0.3, -0.25) is 0 Å². The fourth-order valence-corrected chi connectivity index (χ4v) is 1.31. The number of carboxylic acids is 1. The zero-order valence-electron chi connectivity index (χ0n) is 8.96. The molecular formula is C11H11N3O3. The van der Waals surface area contributed by atoms with Gasteiger partial charge in [0.25, 0.3) is 0 Å². The number of anilines is 1. The number of hydrogen-bond acceptors (Lipinski definition) is 5. The number of hydrogen-bond donors (Lipinski definition) is 2. The average Bonchev–Trinajstić information content (AvgIpc) is 2.83. The summed E-state index contributed by atoms with van der Waals surface area (Å²) >= 11 is 0. The van der Waals surface area contributed by atoms with Gasteiger partial charge in [0.15, 0.2) is 5.69 Å². The minimum Gasteiger partial charge on any atom is -0.476 e. The lowest BCUT2D eigenvalue weighted by Gasteiger charge is -2.03. The molecule has 2 rings (SSSR count). The summed E-state index contributed by atoms with van der Waals surface area (Å²) in [4.78, 5) is 10.5. The molecule has 17 heavy (non-hydrogen) atoms. The van der Waals surface area contributed by atoms with Crippen LogP contribution in [0.15, 0.2) is 34.9 Å². The van der Waals surface area contributed by atoms with Gasteiger partial charge in [-0.05, 0) is 24.3 Å². The van der Waals surface area contributed by atoms with Crippen LogP contribution in [-0.4, -0.2) is 27.8 Å². The lowest BCUT2D eigenvalue weighted by Crippen LogP contribution is -2.08. The summed E-state index contributed by atoms with van der Waals surface area (Å²) < 4.78 is 5.17. The Morgan fingerprint density at radius 3 is 2.82 bits per heavy atom.